The second-order valence-corrected chi connectivity index (χ2v) is 8.73. The molecule has 0 aliphatic heterocycles. The predicted octanol–water partition coefficient (Wildman–Crippen LogP) is 2.99. The number of rotatable bonds is 8. The van der Waals surface area contributed by atoms with Gasteiger partial charge in [-0.25, -0.2) is 27.7 Å². The predicted molar refractivity (Wildman–Crippen MR) is 122 cm³/mol. The van der Waals surface area contributed by atoms with Crippen LogP contribution in [-0.4, -0.2) is 50.1 Å². The number of sulfonamides is 1. The van der Waals surface area contributed by atoms with Crippen molar-refractivity contribution in [1.82, 2.24) is 14.9 Å². The molecule has 2 aromatic carbocycles. The van der Waals surface area contributed by atoms with Crippen molar-refractivity contribution in [1.29, 1.82) is 0 Å². The second kappa shape index (κ2) is 10.2. The average Bonchev–Trinajstić information content (AvgIpc) is 2.76. The number of nitrogens with two attached hydrogens (primary N) is 1. The molecule has 3 aromatic rings. The van der Waals surface area contributed by atoms with Gasteiger partial charge in [-0.1, -0.05) is 18.2 Å². The van der Waals surface area contributed by atoms with Crippen molar-refractivity contribution in [2.24, 2.45) is 5.14 Å². The van der Waals surface area contributed by atoms with E-state index in [1.54, 1.807) is 32.3 Å². The zero-order chi connectivity index (χ0) is 24.0. The van der Waals surface area contributed by atoms with Gasteiger partial charge in [0.05, 0.1) is 17.7 Å². The minimum atomic E-state index is -3.87. The molecule has 0 fully saturated rings. The molecule has 0 aliphatic carbocycles. The lowest BCUT2D eigenvalue weighted by Gasteiger charge is -2.12. The van der Waals surface area contributed by atoms with Crippen LogP contribution in [0, 0.1) is 5.82 Å². The third-order valence-corrected chi connectivity index (χ3v) is 5.27. The first-order valence-corrected chi connectivity index (χ1v) is 11.3. The Morgan fingerprint density at radius 1 is 1.12 bits per heavy atom. The summed E-state index contributed by atoms with van der Waals surface area (Å²) in [6.45, 7) is 0.242. The number of halogens is 1. The number of benzene rings is 2. The first-order chi connectivity index (χ1) is 15.6. The van der Waals surface area contributed by atoms with Gasteiger partial charge in [-0.2, -0.15) is 4.98 Å². The lowest BCUT2D eigenvalue weighted by atomic mass is 10.1. The Hall–Kier alpha value is -3.77. The molecule has 4 N–H and O–H groups in total. The number of carbonyl (C=O) groups excluding carboxylic acids is 1. The third kappa shape index (κ3) is 6.85. The number of nitrogens with zero attached hydrogens (tertiary/aromatic N) is 3. The molecule has 0 radical (unpaired) electrons. The highest BCUT2D eigenvalue weighted by atomic mass is 32.2. The van der Waals surface area contributed by atoms with E-state index in [9.17, 15) is 17.6 Å². The lowest BCUT2D eigenvalue weighted by molar-refractivity contribution is 0.119. The van der Waals surface area contributed by atoms with E-state index in [1.165, 1.54) is 23.1 Å². The van der Waals surface area contributed by atoms with Crippen LogP contribution in [0.2, 0.25) is 0 Å². The van der Waals surface area contributed by atoms with Gasteiger partial charge in [0.2, 0.25) is 16.0 Å². The standard InChI is InChI=1S/C21H23FN6O4S/c1-28(2)21(29)32-11-10-14-6-8-15(9-7-14)25-19-18(22)13-24-20(27-19)26-16-4-3-5-17(12-16)33(23,30)31/h3-9,12-13H,10-11H2,1-2H3,(H2,23,30,31)(H2,24,25,26,27). The van der Waals surface area contributed by atoms with Crippen LogP contribution >= 0.6 is 0 Å². The van der Waals surface area contributed by atoms with Gasteiger partial charge in [-0.3, -0.25) is 0 Å². The number of primary sulfonamides is 1. The van der Waals surface area contributed by atoms with Gasteiger partial charge in [0.1, 0.15) is 0 Å². The maximum absolute atomic E-state index is 14.2. The van der Waals surface area contributed by atoms with Crippen LogP contribution < -0.4 is 15.8 Å². The van der Waals surface area contributed by atoms with Gasteiger partial charge in [0, 0.05) is 31.9 Å². The van der Waals surface area contributed by atoms with E-state index >= 15 is 0 Å². The summed E-state index contributed by atoms with van der Waals surface area (Å²) in [5, 5.41) is 10.8. The largest absolute Gasteiger partial charge is 0.449 e. The fourth-order valence-corrected chi connectivity index (χ4v) is 3.23. The van der Waals surface area contributed by atoms with Gasteiger partial charge in [0.25, 0.3) is 0 Å². The Kier molecular flexibility index (Phi) is 7.41. The normalized spacial score (nSPS) is 11.0. The van der Waals surface area contributed by atoms with Crippen molar-refractivity contribution in [3.63, 3.8) is 0 Å². The molecule has 33 heavy (non-hydrogen) atoms. The van der Waals surface area contributed by atoms with E-state index < -0.39 is 21.9 Å². The summed E-state index contributed by atoms with van der Waals surface area (Å²) in [7, 11) is -0.653. The smallest absolute Gasteiger partial charge is 0.409 e. The number of ether oxygens (including phenoxy) is 1. The summed E-state index contributed by atoms with van der Waals surface area (Å²) in [5.74, 6) is -0.675. The van der Waals surface area contributed by atoms with Crippen LogP contribution in [0.5, 0.6) is 0 Å². The molecule has 0 atom stereocenters. The molecule has 1 heterocycles. The molecule has 12 heteroatoms. The number of hydrogen-bond donors (Lipinski definition) is 3. The maximum atomic E-state index is 14.2. The molecule has 3 rings (SSSR count). The molecule has 0 aliphatic rings. The van der Waals surface area contributed by atoms with E-state index in [4.69, 9.17) is 9.88 Å². The first kappa shape index (κ1) is 23.9. The van der Waals surface area contributed by atoms with E-state index in [-0.39, 0.29) is 23.3 Å². The highest BCUT2D eigenvalue weighted by molar-refractivity contribution is 7.89. The zero-order valence-electron chi connectivity index (χ0n) is 17.9. The van der Waals surface area contributed by atoms with Gasteiger partial charge in [0.15, 0.2) is 11.6 Å². The van der Waals surface area contributed by atoms with Crippen LogP contribution in [0.4, 0.5) is 32.3 Å². The van der Waals surface area contributed by atoms with Crippen molar-refractivity contribution in [2.75, 3.05) is 31.3 Å². The summed E-state index contributed by atoms with van der Waals surface area (Å²) in [4.78, 5) is 20.7. The Balaban J connectivity index is 1.66. The second-order valence-electron chi connectivity index (χ2n) is 7.17. The van der Waals surface area contributed by atoms with E-state index in [2.05, 4.69) is 20.6 Å². The number of carbonyl (C=O) groups is 1. The van der Waals surface area contributed by atoms with Gasteiger partial charge >= 0.3 is 6.09 Å². The fraction of sp³-hybridized carbons (Fsp3) is 0.190. The minimum absolute atomic E-state index is 0.0600. The summed E-state index contributed by atoms with van der Waals surface area (Å²) >= 11 is 0. The van der Waals surface area contributed by atoms with Gasteiger partial charge in [-0.15, -0.1) is 0 Å². The Bertz CT molecular complexity index is 1240. The third-order valence-electron chi connectivity index (χ3n) is 4.36. The Labute approximate surface area is 190 Å². The van der Waals surface area contributed by atoms with Crippen molar-refractivity contribution in [3.8, 4) is 0 Å². The minimum Gasteiger partial charge on any atom is -0.449 e. The Morgan fingerprint density at radius 3 is 2.52 bits per heavy atom. The van der Waals surface area contributed by atoms with Gasteiger partial charge in [-0.05, 0) is 35.9 Å². The van der Waals surface area contributed by atoms with E-state index in [0.29, 0.717) is 17.8 Å². The number of aromatic nitrogens is 2. The average molecular weight is 475 g/mol. The summed E-state index contributed by atoms with van der Waals surface area (Å²) in [6, 6.07) is 12.9. The zero-order valence-corrected chi connectivity index (χ0v) is 18.8. The summed E-state index contributed by atoms with van der Waals surface area (Å²) in [6.07, 6.45) is 1.12. The van der Waals surface area contributed by atoms with Crippen molar-refractivity contribution >= 4 is 39.3 Å². The molecule has 1 aromatic heterocycles. The molecule has 0 bridgehead atoms. The Morgan fingerprint density at radius 2 is 1.85 bits per heavy atom. The first-order valence-electron chi connectivity index (χ1n) is 9.74. The van der Waals surface area contributed by atoms with Gasteiger partial charge < -0.3 is 20.3 Å². The van der Waals surface area contributed by atoms with Crippen LogP contribution in [-0.2, 0) is 21.2 Å². The highest BCUT2D eigenvalue weighted by Crippen LogP contribution is 2.22. The topological polar surface area (TPSA) is 140 Å². The molecule has 0 saturated heterocycles. The van der Waals surface area contributed by atoms with Crippen LogP contribution in [0.3, 0.4) is 0 Å². The summed E-state index contributed by atoms with van der Waals surface area (Å²) < 4.78 is 42.4. The van der Waals surface area contributed by atoms with Crippen molar-refractivity contribution in [2.45, 2.75) is 11.3 Å². The lowest BCUT2D eigenvalue weighted by Crippen LogP contribution is -2.23. The number of hydrogen-bond acceptors (Lipinski definition) is 8. The molecule has 0 saturated carbocycles. The molecular weight excluding hydrogens is 451 g/mol. The van der Waals surface area contributed by atoms with Crippen LogP contribution in [0.1, 0.15) is 5.56 Å². The molecule has 0 unspecified atom stereocenters. The molecule has 1 amide bonds. The number of anilines is 4. The molecular formula is C21H23FN6O4S. The quantitative estimate of drug-likeness (QED) is 0.453. The van der Waals surface area contributed by atoms with Crippen molar-refractivity contribution in [3.05, 3.63) is 66.1 Å². The number of nitrogens with one attached hydrogen (secondary N) is 2. The monoisotopic (exact) mass is 474 g/mol. The molecule has 10 nitrogen and oxygen atoms in total. The summed E-state index contributed by atoms with van der Waals surface area (Å²) in [5.41, 5.74) is 1.90. The highest BCUT2D eigenvalue weighted by Gasteiger charge is 2.11. The van der Waals surface area contributed by atoms with Crippen LogP contribution in [0.15, 0.2) is 59.6 Å². The molecule has 0 spiro atoms. The number of amides is 1. The van der Waals surface area contributed by atoms with E-state index in [0.717, 1.165) is 11.8 Å². The molecule has 174 valence electrons. The van der Waals surface area contributed by atoms with Crippen LogP contribution in [0.25, 0.3) is 0 Å². The van der Waals surface area contributed by atoms with Crippen molar-refractivity contribution < 1.29 is 22.3 Å². The SMILES string of the molecule is CN(C)C(=O)OCCc1ccc(Nc2nc(Nc3cccc(S(N)(=O)=O)c3)ncc2F)cc1. The van der Waals surface area contributed by atoms with E-state index in [1.807, 2.05) is 12.1 Å². The maximum Gasteiger partial charge on any atom is 0.409 e. The fourth-order valence-electron chi connectivity index (χ4n) is 2.67.